The van der Waals surface area contributed by atoms with Crippen LogP contribution in [0.4, 0.5) is 0 Å². The molecule has 0 unspecified atom stereocenters. The predicted octanol–water partition coefficient (Wildman–Crippen LogP) is 1.28. The maximum atomic E-state index is 11.7. The SMILES string of the molecule is COc1ccc(S(=O)(=O)NCCN=[N+]=[N-])cc1. The Bertz CT molecular complexity index is 506. The first-order chi connectivity index (χ1) is 8.10. The fourth-order valence-corrected chi connectivity index (χ4v) is 2.13. The van der Waals surface area contributed by atoms with Crippen molar-refractivity contribution in [1.82, 2.24) is 4.72 Å². The van der Waals surface area contributed by atoms with Gasteiger partial charge in [0.1, 0.15) is 5.75 Å². The van der Waals surface area contributed by atoms with Gasteiger partial charge in [0.25, 0.3) is 0 Å². The van der Waals surface area contributed by atoms with Gasteiger partial charge in [0.15, 0.2) is 0 Å². The van der Waals surface area contributed by atoms with E-state index in [4.69, 9.17) is 10.3 Å². The Morgan fingerprint density at radius 1 is 1.41 bits per heavy atom. The van der Waals surface area contributed by atoms with Crippen LogP contribution in [0.1, 0.15) is 0 Å². The minimum atomic E-state index is -3.55. The zero-order valence-electron chi connectivity index (χ0n) is 9.20. The topological polar surface area (TPSA) is 104 Å². The van der Waals surface area contributed by atoms with Gasteiger partial charge in [0.05, 0.1) is 12.0 Å². The van der Waals surface area contributed by atoms with Gasteiger partial charge >= 0.3 is 0 Å². The van der Waals surface area contributed by atoms with Crippen molar-refractivity contribution in [2.45, 2.75) is 4.90 Å². The van der Waals surface area contributed by atoms with E-state index in [-0.39, 0.29) is 18.0 Å². The van der Waals surface area contributed by atoms with Crippen molar-refractivity contribution < 1.29 is 13.2 Å². The van der Waals surface area contributed by atoms with Crippen LogP contribution in [0, 0.1) is 0 Å². The molecule has 0 fully saturated rings. The molecule has 1 aromatic rings. The molecule has 1 aromatic carbocycles. The van der Waals surface area contributed by atoms with E-state index in [1.807, 2.05) is 0 Å². The summed E-state index contributed by atoms with van der Waals surface area (Å²) in [6.07, 6.45) is 0. The molecule has 0 aliphatic heterocycles. The van der Waals surface area contributed by atoms with Crippen molar-refractivity contribution in [2.24, 2.45) is 5.11 Å². The lowest BCUT2D eigenvalue weighted by atomic mass is 10.3. The average molecular weight is 256 g/mol. The van der Waals surface area contributed by atoms with Gasteiger partial charge in [0, 0.05) is 18.0 Å². The molecule has 0 aliphatic rings. The number of sulfonamides is 1. The summed E-state index contributed by atoms with van der Waals surface area (Å²) >= 11 is 0. The van der Waals surface area contributed by atoms with Crippen LogP contribution in [0.3, 0.4) is 0 Å². The zero-order valence-corrected chi connectivity index (χ0v) is 10.0. The van der Waals surface area contributed by atoms with Gasteiger partial charge in [-0.05, 0) is 29.8 Å². The molecular weight excluding hydrogens is 244 g/mol. The molecule has 92 valence electrons. The van der Waals surface area contributed by atoms with Crippen LogP contribution in [0.5, 0.6) is 5.75 Å². The lowest BCUT2D eigenvalue weighted by molar-refractivity contribution is 0.414. The van der Waals surface area contributed by atoms with Gasteiger partial charge in [-0.2, -0.15) is 0 Å². The minimum absolute atomic E-state index is 0.0679. The van der Waals surface area contributed by atoms with Gasteiger partial charge in [0.2, 0.25) is 10.0 Å². The van der Waals surface area contributed by atoms with Crippen molar-refractivity contribution in [1.29, 1.82) is 0 Å². The van der Waals surface area contributed by atoms with Crippen molar-refractivity contribution in [3.63, 3.8) is 0 Å². The van der Waals surface area contributed by atoms with Crippen molar-refractivity contribution in [2.75, 3.05) is 20.2 Å². The molecule has 1 N–H and O–H groups in total. The Morgan fingerprint density at radius 3 is 2.59 bits per heavy atom. The molecule has 0 atom stereocenters. The van der Waals surface area contributed by atoms with E-state index in [2.05, 4.69) is 14.7 Å². The number of hydrogen-bond acceptors (Lipinski definition) is 4. The summed E-state index contributed by atoms with van der Waals surface area (Å²) in [7, 11) is -2.05. The van der Waals surface area contributed by atoms with Crippen molar-refractivity contribution >= 4 is 10.0 Å². The lowest BCUT2D eigenvalue weighted by Gasteiger charge is -2.06. The molecular formula is C9H12N4O3S. The largest absolute Gasteiger partial charge is 0.497 e. The highest BCUT2D eigenvalue weighted by Gasteiger charge is 2.12. The number of ether oxygens (including phenoxy) is 1. The van der Waals surface area contributed by atoms with Crippen LogP contribution >= 0.6 is 0 Å². The molecule has 17 heavy (non-hydrogen) atoms. The van der Waals surface area contributed by atoms with Gasteiger partial charge < -0.3 is 4.74 Å². The highest BCUT2D eigenvalue weighted by Crippen LogP contribution is 2.14. The number of azide groups is 1. The lowest BCUT2D eigenvalue weighted by Crippen LogP contribution is -2.26. The highest BCUT2D eigenvalue weighted by atomic mass is 32.2. The zero-order chi connectivity index (χ0) is 12.7. The maximum absolute atomic E-state index is 11.7. The van der Waals surface area contributed by atoms with Gasteiger partial charge in [-0.3, -0.25) is 0 Å². The smallest absolute Gasteiger partial charge is 0.240 e. The third-order valence-electron chi connectivity index (χ3n) is 1.94. The number of nitrogens with one attached hydrogen (secondary N) is 1. The Balaban J connectivity index is 2.71. The fraction of sp³-hybridized carbons (Fsp3) is 0.333. The predicted molar refractivity (Wildman–Crippen MR) is 62.2 cm³/mol. The third kappa shape index (κ3) is 3.95. The van der Waals surface area contributed by atoms with Gasteiger partial charge in [-0.25, -0.2) is 13.1 Å². The van der Waals surface area contributed by atoms with E-state index < -0.39 is 10.0 Å². The molecule has 0 radical (unpaired) electrons. The number of nitrogens with zero attached hydrogens (tertiary/aromatic N) is 3. The second-order valence-corrected chi connectivity index (χ2v) is 4.79. The average Bonchev–Trinajstić information content (AvgIpc) is 2.35. The number of methoxy groups -OCH3 is 1. The summed E-state index contributed by atoms with van der Waals surface area (Å²) in [6.45, 7) is 0.143. The van der Waals surface area contributed by atoms with E-state index in [0.717, 1.165) is 0 Å². The van der Waals surface area contributed by atoms with Crippen LogP contribution in [0.25, 0.3) is 10.4 Å². The first kappa shape index (κ1) is 13.3. The van der Waals surface area contributed by atoms with Crippen LogP contribution in [-0.2, 0) is 10.0 Å². The summed E-state index contributed by atoms with van der Waals surface area (Å²) in [4.78, 5) is 2.66. The molecule has 0 aliphatic carbocycles. The Kier molecular flexibility index (Phi) is 4.77. The van der Waals surface area contributed by atoms with E-state index >= 15 is 0 Å². The van der Waals surface area contributed by atoms with Gasteiger partial charge in [-0.1, -0.05) is 5.11 Å². The van der Waals surface area contributed by atoms with Crippen molar-refractivity contribution in [3.8, 4) is 5.75 Å². The van der Waals surface area contributed by atoms with Crippen LogP contribution in [0.15, 0.2) is 34.3 Å². The van der Waals surface area contributed by atoms with Crippen molar-refractivity contribution in [3.05, 3.63) is 34.7 Å². The fourth-order valence-electron chi connectivity index (χ4n) is 1.11. The summed E-state index contributed by atoms with van der Waals surface area (Å²) < 4.78 is 30.7. The van der Waals surface area contributed by atoms with Crippen LogP contribution in [-0.4, -0.2) is 28.6 Å². The van der Waals surface area contributed by atoms with Crippen LogP contribution < -0.4 is 9.46 Å². The second kappa shape index (κ2) is 6.09. The summed E-state index contributed by atoms with van der Waals surface area (Å²) in [5.41, 5.74) is 8.04. The quantitative estimate of drug-likeness (QED) is 0.359. The number of rotatable bonds is 6. The molecule has 1 rings (SSSR count). The summed E-state index contributed by atoms with van der Waals surface area (Å²) in [6, 6.07) is 5.99. The summed E-state index contributed by atoms with van der Waals surface area (Å²) in [5.74, 6) is 0.582. The second-order valence-electron chi connectivity index (χ2n) is 3.03. The Hall–Kier alpha value is -1.76. The first-order valence-electron chi connectivity index (χ1n) is 4.75. The highest BCUT2D eigenvalue weighted by molar-refractivity contribution is 7.89. The molecule has 0 heterocycles. The molecule has 0 aromatic heterocycles. The van der Waals surface area contributed by atoms with Gasteiger partial charge in [-0.15, -0.1) is 0 Å². The van der Waals surface area contributed by atoms with Crippen LogP contribution in [0.2, 0.25) is 0 Å². The van der Waals surface area contributed by atoms with E-state index in [0.29, 0.717) is 5.75 Å². The molecule has 0 bridgehead atoms. The maximum Gasteiger partial charge on any atom is 0.240 e. The number of benzene rings is 1. The van der Waals surface area contributed by atoms with E-state index in [1.165, 1.54) is 19.2 Å². The minimum Gasteiger partial charge on any atom is -0.497 e. The normalized spacial score (nSPS) is 10.6. The Morgan fingerprint density at radius 2 is 2.06 bits per heavy atom. The molecule has 8 heteroatoms. The molecule has 0 saturated carbocycles. The molecule has 0 amide bonds. The summed E-state index contributed by atoms with van der Waals surface area (Å²) in [5, 5.41) is 3.23. The Labute approximate surface area is 99.1 Å². The number of hydrogen-bond donors (Lipinski definition) is 1. The standard InChI is InChI=1S/C9H12N4O3S/c1-16-8-2-4-9(5-3-8)17(14,15)12-7-6-11-13-10/h2-5,12H,6-7H2,1H3. The third-order valence-corrected chi connectivity index (χ3v) is 3.41. The molecule has 0 saturated heterocycles. The van der Waals surface area contributed by atoms with E-state index in [9.17, 15) is 8.42 Å². The molecule has 0 spiro atoms. The van der Waals surface area contributed by atoms with E-state index in [1.54, 1.807) is 12.1 Å². The first-order valence-corrected chi connectivity index (χ1v) is 6.23. The monoisotopic (exact) mass is 256 g/mol. The molecule has 7 nitrogen and oxygen atoms in total.